The number of rotatable bonds is 11. The minimum Gasteiger partial charge on any atom is -0.588 e. The molecule has 0 saturated carbocycles. The summed E-state index contributed by atoms with van der Waals surface area (Å²) < 4.78 is 8.55. The topological polar surface area (TPSA) is 63.8 Å². The summed E-state index contributed by atoms with van der Waals surface area (Å²) in [5.41, 5.74) is 0. The highest BCUT2D eigenvalue weighted by atomic mass is 17.1. The third kappa shape index (κ3) is 11.5. The van der Waals surface area contributed by atoms with Gasteiger partial charge in [0, 0.05) is 6.61 Å². The number of aliphatic hydroxyl groups is 1. The quantitative estimate of drug-likeness (QED) is 0.199. The summed E-state index contributed by atoms with van der Waals surface area (Å²) in [6, 6.07) is 0. The van der Waals surface area contributed by atoms with Gasteiger partial charge in [-0.15, -0.1) is 0 Å². The van der Waals surface area contributed by atoms with E-state index in [9.17, 15) is 5.26 Å². The summed E-state index contributed by atoms with van der Waals surface area (Å²) in [6.45, 7) is 0.320. The number of ether oxygens (including phenoxy) is 1. The minimum atomic E-state index is 0.189. The van der Waals surface area contributed by atoms with Crippen molar-refractivity contribution in [1.82, 2.24) is 0 Å². The number of carbonyl (C=O) groups excluding carboxylic acids is 1. The highest BCUT2D eigenvalue weighted by molar-refractivity contribution is 5.69. The van der Waals surface area contributed by atoms with Crippen molar-refractivity contribution in [2.45, 2.75) is 64.2 Å². The molecule has 0 aromatic carbocycles. The van der Waals surface area contributed by atoms with E-state index in [0.29, 0.717) is 13.0 Å². The molecule has 0 saturated heterocycles. The van der Waals surface area contributed by atoms with E-state index in [1.807, 2.05) is 0 Å². The summed E-state index contributed by atoms with van der Waals surface area (Å²) in [4.78, 5) is 0. The SMILES string of the molecule is COC(CCCCCCCCCCCO)=[O+][O-]. The van der Waals surface area contributed by atoms with Crippen LogP contribution < -0.4 is 5.26 Å². The molecule has 102 valence electrons. The van der Waals surface area contributed by atoms with Crippen LogP contribution in [-0.4, -0.2) is 24.8 Å². The van der Waals surface area contributed by atoms with Crippen LogP contribution in [0, 0.1) is 0 Å². The number of unbranched alkanes of at least 4 members (excludes halogenated alkanes) is 8. The molecule has 0 amide bonds. The number of esters is 1. The molecule has 0 radical (unpaired) electrons. The van der Waals surface area contributed by atoms with Gasteiger partial charge in [-0.2, -0.15) is 0 Å². The van der Waals surface area contributed by atoms with Crippen LogP contribution >= 0.6 is 0 Å². The zero-order valence-corrected chi connectivity index (χ0v) is 11.0. The van der Waals surface area contributed by atoms with Gasteiger partial charge in [-0.3, -0.25) is 4.58 Å². The van der Waals surface area contributed by atoms with Gasteiger partial charge in [0.25, 0.3) is 0 Å². The minimum absolute atomic E-state index is 0.189. The predicted octanol–water partition coefficient (Wildman–Crippen LogP) is 1.86. The molecule has 0 unspecified atom stereocenters. The first-order valence-electron chi connectivity index (χ1n) is 6.65. The molecule has 0 atom stereocenters. The molecule has 0 aromatic heterocycles. The maximum Gasteiger partial charge on any atom is 0.496 e. The molecule has 0 aliphatic heterocycles. The Bertz CT molecular complexity index is 180. The molecular weight excluding hydrogens is 220 g/mol. The first kappa shape index (κ1) is 16.2. The molecule has 0 fully saturated rings. The lowest BCUT2D eigenvalue weighted by molar-refractivity contribution is -1.05. The number of methoxy groups -OCH3 is 1. The van der Waals surface area contributed by atoms with Crippen LogP contribution in [-0.2, 0) is 9.31 Å². The Morgan fingerprint density at radius 3 is 1.82 bits per heavy atom. The molecular formula is C13H26O4. The molecule has 0 aliphatic rings. The van der Waals surface area contributed by atoms with Gasteiger partial charge in [0.05, 0.1) is 0 Å². The van der Waals surface area contributed by atoms with Gasteiger partial charge in [-0.25, -0.2) is 0 Å². The number of aliphatic hydroxyl groups excluding tert-OH is 1. The first-order valence-corrected chi connectivity index (χ1v) is 6.65. The molecule has 0 heterocycles. The van der Waals surface area contributed by atoms with Crippen LogP contribution in [0.2, 0.25) is 0 Å². The molecule has 0 bridgehead atoms. The lowest BCUT2D eigenvalue weighted by Crippen LogP contribution is -2.11. The van der Waals surface area contributed by atoms with Crippen molar-refractivity contribution in [2.24, 2.45) is 0 Å². The third-order valence-corrected chi connectivity index (χ3v) is 2.86. The zero-order valence-electron chi connectivity index (χ0n) is 11.0. The van der Waals surface area contributed by atoms with E-state index in [0.717, 1.165) is 25.7 Å². The Kier molecular flexibility index (Phi) is 12.7. The Labute approximate surface area is 104 Å². The smallest absolute Gasteiger partial charge is 0.496 e. The Balaban J connectivity index is 3.08. The predicted molar refractivity (Wildman–Crippen MR) is 65.3 cm³/mol. The maximum atomic E-state index is 10.1. The molecule has 0 spiro atoms. The average Bonchev–Trinajstić information content (AvgIpc) is 2.36. The van der Waals surface area contributed by atoms with Crippen LogP contribution in [0.25, 0.3) is 0 Å². The highest BCUT2D eigenvalue weighted by Crippen LogP contribution is 2.10. The normalized spacial score (nSPS) is 11.8. The van der Waals surface area contributed by atoms with Gasteiger partial charge in [0.2, 0.25) is 0 Å². The van der Waals surface area contributed by atoms with Crippen molar-refractivity contribution >= 4 is 5.97 Å². The van der Waals surface area contributed by atoms with Gasteiger partial charge >= 0.3 is 5.97 Å². The van der Waals surface area contributed by atoms with E-state index >= 15 is 0 Å². The average molecular weight is 246 g/mol. The monoisotopic (exact) mass is 246 g/mol. The Morgan fingerprint density at radius 1 is 0.941 bits per heavy atom. The summed E-state index contributed by atoms with van der Waals surface area (Å²) in [7, 11) is 1.46. The van der Waals surface area contributed by atoms with Gasteiger partial charge in [-0.1, -0.05) is 44.9 Å². The second kappa shape index (κ2) is 13.3. The summed E-state index contributed by atoms with van der Waals surface area (Å²) in [5, 5.41) is 18.7. The molecule has 17 heavy (non-hydrogen) atoms. The fourth-order valence-corrected chi connectivity index (χ4v) is 1.80. The van der Waals surface area contributed by atoms with Crippen LogP contribution in [0.3, 0.4) is 0 Å². The van der Waals surface area contributed by atoms with Crippen LogP contribution in [0.5, 0.6) is 0 Å². The van der Waals surface area contributed by atoms with E-state index in [-0.39, 0.29) is 5.97 Å². The van der Waals surface area contributed by atoms with Gasteiger partial charge < -0.3 is 15.1 Å². The Hall–Kier alpha value is -0.770. The largest absolute Gasteiger partial charge is 0.588 e. The zero-order chi connectivity index (χ0) is 12.8. The van der Waals surface area contributed by atoms with E-state index in [1.165, 1.54) is 39.2 Å². The second-order valence-electron chi connectivity index (χ2n) is 4.32. The molecule has 1 N–H and O–H groups in total. The number of hydrogen-bond acceptors (Lipinski definition) is 3. The fraction of sp³-hybridized carbons (Fsp3) is 0.923. The first-order chi connectivity index (χ1) is 8.35. The van der Waals surface area contributed by atoms with E-state index in [2.05, 4.69) is 4.58 Å². The van der Waals surface area contributed by atoms with Gasteiger partial charge in [0.15, 0.2) is 7.11 Å². The van der Waals surface area contributed by atoms with Crippen LogP contribution in [0.15, 0.2) is 0 Å². The van der Waals surface area contributed by atoms with Crippen molar-refractivity contribution in [3.05, 3.63) is 0 Å². The summed E-state index contributed by atoms with van der Waals surface area (Å²) in [5.74, 6) is 0.189. The van der Waals surface area contributed by atoms with Crippen molar-refractivity contribution in [1.29, 1.82) is 0 Å². The number of hydrogen-bond donors (Lipinski definition) is 1. The summed E-state index contributed by atoms with van der Waals surface area (Å²) >= 11 is 0. The van der Waals surface area contributed by atoms with E-state index < -0.39 is 0 Å². The van der Waals surface area contributed by atoms with Gasteiger partial charge in [0.1, 0.15) is 6.42 Å². The van der Waals surface area contributed by atoms with Crippen LogP contribution in [0.4, 0.5) is 0 Å². The second-order valence-corrected chi connectivity index (χ2v) is 4.32. The molecule has 0 rings (SSSR count). The fourth-order valence-electron chi connectivity index (χ4n) is 1.80. The Morgan fingerprint density at radius 2 is 1.41 bits per heavy atom. The third-order valence-electron chi connectivity index (χ3n) is 2.86. The van der Waals surface area contributed by atoms with E-state index in [1.54, 1.807) is 0 Å². The lowest BCUT2D eigenvalue weighted by Gasteiger charge is -2.01. The van der Waals surface area contributed by atoms with E-state index in [4.69, 9.17) is 9.84 Å². The molecule has 0 aromatic rings. The van der Waals surface area contributed by atoms with Gasteiger partial charge in [-0.05, 0) is 12.8 Å². The molecule has 4 nitrogen and oxygen atoms in total. The standard InChI is InChI=1S/C13H26O4/c1-16-13(17-15)11-9-7-5-3-2-4-6-8-10-12-14/h14H,2-12H2,1H3. The van der Waals surface area contributed by atoms with Crippen molar-refractivity contribution in [3.63, 3.8) is 0 Å². The van der Waals surface area contributed by atoms with Crippen LogP contribution in [0.1, 0.15) is 64.2 Å². The lowest BCUT2D eigenvalue weighted by atomic mass is 10.1. The molecule has 4 heteroatoms. The summed E-state index contributed by atoms with van der Waals surface area (Å²) in [6.07, 6.45) is 11.0. The van der Waals surface area contributed by atoms with Crippen molar-refractivity contribution < 1.29 is 19.7 Å². The molecule has 0 aliphatic carbocycles. The highest BCUT2D eigenvalue weighted by Gasteiger charge is 2.08. The maximum absolute atomic E-state index is 10.1. The van der Waals surface area contributed by atoms with Crippen molar-refractivity contribution in [2.75, 3.05) is 13.7 Å². The van der Waals surface area contributed by atoms with Crippen molar-refractivity contribution in [3.8, 4) is 0 Å².